The van der Waals surface area contributed by atoms with E-state index in [4.69, 9.17) is 5.11 Å². The molecule has 1 aliphatic rings. The standard InChI is InChI=1S/C7H12NO2S/c1-2-3-4-5-6-7(9)10-8-11-6/h9H,2-5H2,1H3. The molecule has 0 unspecified atom stereocenters. The summed E-state index contributed by atoms with van der Waals surface area (Å²) in [5, 5.41) is 9.03. The normalized spacial score (nSPS) is 17.2. The zero-order chi connectivity index (χ0) is 8.10. The van der Waals surface area contributed by atoms with E-state index in [1.165, 1.54) is 24.8 Å². The molecule has 11 heavy (non-hydrogen) atoms. The summed E-state index contributed by atoms with van der Waals surface area (Å²) in [5.41, 5.74) is 0. The second-order valence-electron chi connectivity index (χ2n) is 2.44. The molecule has 1 heterocycles. The number of hydrogen-bond donors (Lipinski definition) is 1. The van der Waals surface area contributed by atoms with E-state index in [1.807, 2.05) is 0 Å². The summed E-state index contributed by atoms with van der Waals surface area (Å²) >= 11 is 1.23. The maximum absolute atomic E-state index is 9.03. The van der Waals surface area contributed by atoms with Crippen molar-refractivity contribution in [2.45, 2.75) is 32.6 Å². The second-order valence-corrected chi connectivity index (χ2v) is 3.27. The molecule has 0 aromatic carbocycles. The molecule has 0 fully saturated rings. The van der Waals surface area contributed by atoms with E-state index in [1.54, 1.807) is 0 Å². The quantitative estimate of drug-likeness (QED) is 0.526. The highest BCUT2D eigenvalue weighted by molar-refractivity contribution is 8.01. The molecule has 0 aromatic rings. The van der Waals surface area contributed by atoms with Gasteiger partial charge in [-0.3, -0.25) is 0 Å². The molecule has 0 atom stereocenters. The van der Waals surface area contributed by atoms with E-state index in [-0.39, 0.29) is 5.95 Å². The summed E-state index contributed by atoms with van der Waals surface area (Å²) in [6.07, 6.45) is 4.36. The van der Waals surface area contributed by atoms with Crippen LogP contribution in [0.2, 0.25) is 0 Å². The van der Waals surface area contributed by atoms with Crippen molar-refractivity contribution < 1.29 is 9.94 Å². The molecule has 0 aromatic heterocycles. The van der Waals surface area contributed by atoms with Gasteiger partial charge in [0, 0.05) is 16.8 Å². The van der Waals surface area contributed by atoms with E-state index >= 15 is 0 Å². The minimum absolute atomic E-state index is 0.00824. The number of rotatable bonds is 4. The number of hydrogen-bond acceptors (Lipinski definition) is 3. The summed E-state index contributed by atoms with van der Waals surface area (Å²) in [5.74, 6) is -0.00824. The predicted molar refractivity (Wildman–Crippen MR) is 44.6 cm³/mol. The summed E-state index contributed by atoms with van der Waals surface area (Å²) in [6.45, 7) is 2.15. The fourth-order valence-corrected chi connectivity index (χ4v) is 1.43. The van der Waals surface area contributed by atoms with E-state index in [2.05, 4.69) is 16.6 Å². The fraction of sp³-hybridized carbons (Fsp3) is 0.714. The summed E-state index contributed by atoms with van der Waals surface area (Å²) < 4.78 is 0. The molecule has 0 bridgehead atoms. The largest absolute Gasteiger partial charge is 0.479 e. The monoisotopic (exact) mass is 174 g/mol. The minimum Gasteiger partial charge on any atom is -0.479 e. The van der Waals surface area contributed by atoms with Gasteiger partial charge in [0.1, 0.15) is 0 Å². The number of nitrogens with zero attached hydrogens (tertiary/aromatic N) is 1. The molecule has 3 nitrogen and oxygen atoms in total. The first kappa shape index (κ1) is 8.74. The SMILES string of the molecule is CCCCCC1=C(O)O[N]S1. The summed E-state index contributed by atoms with van der Waals surface area (Å²) in [7, 11) is 0. The van der Waals surface area contributed by atoms with E-state index < -0.39 is 0 Å². The van der Waals surface area contributed by atoms with Crippen LogP contribution in [-0.4, -0.2) is 5.11 Å². The number of aliphatic hydroxyl groups excluding tert-OH is 1. The highest BCUT2D eigenvalue weighted by Crippen LogP contribution is 2.29. The van der Waals surface area contributed by atoms with Crippen LogP contribution in [0.4, 0.5) is 0 Å². The molecule has 4 heteroatoms. The van der Waals surface area contributed by atoms with Gasteiger partial charge in [0.25, 0.3) is 0 Å². The van der Waals surface area contributed by atoms with Gasteiger partial charge in [-0.15, -0.1) is 0 Å². The van der Waals surface area contributed by atoms with Gasteiger partial charge in [-0.1, -0.05) is 19.8 Å². The Labute approximate surface area is 70.9 Å². The lowest BCUT2D eigenvalue weighted by Crippen LogP contribution is -1.86. The molecule has 0 amide bonds. The Kier molecular flexibility index (Phi) is 3.59. The van der Waals surface area contributed by atoms with Crippen LogP contribution in [0, 0.1) is 0 Å². The Bertz CT molecular complexity index is 159. The van der Waals surface area contributed by atoms with Gasteiger partial charge in [-0.2, -0.15) is 0 Å². The van der Waals surface area contributed by atoms with Crippen molar-refractivity contribution >= 4 is 11.9 Å². The maximum atomic E-state index is 9.03. The van der Waals surface area contributed by atoms with Crippen LogP contribution >= 0.6 is 11.9 Å². The first-order chi connectivity index (χ1) is 5.34. The van der Waals surface area contributed by atoms with E-state index in [0.717, 1.165) is 17.7 Å². The lowest BCUT2D eigenvalue weighted by Gasteiger charge is -1.95. The average Bonchev–Trinajstić information content (AvgIpc) is 2.37. The van der Waals surface area contributed by atoms with Crippen molar-refractivity contribution in [2.75, 3.05) is 0 Å². The summed E-state index contributed by atoms with van der Waals surface area (Å²) in [4.78, 5) is 8.90. The molecule has 63 valence electrons. The maximum Gasteiger partial charge on any atom is 0.311 e. The van der Waals surface area contributed by atoms with E-state index in [9.17, 15) is 0 Å². The van der Waals surface area contributed by atoms with Crippen molar-refractivity contribution in [1.82, 2.24) is 4.89 Å². The Morgan fingerprint density at radius 1 is 1.55 bits per heavy atom. The van der Waals surface area contributed by atoms with E-state index in [0.29, 0.717) is 0 Å². The first-order valence-corrected chi connectivity index (χ1v) is 4.58. The molecular weight excluding hydrogens is 162 g/mol. The Morgan fingerprint density at radius 3 is 2.91 bits per heavy atom. The van der Waals surface area contributed by atoms with Gasteiger partial charge in [0.2, 0.25) is 0 Å². The van der Waals surface area contributed by atoms with Gasteiger partial charge < -0.3 is 9.94 Å². The average molecular weight is 174 g/mol. The molecule has 1 N–H and O–H groups in total. The van der Waals surface area contributed by atoms with Crippen molar-refractivity contribution in [2.24, 2.45) is 0 Å². The van der Waals surface area contributed by atoms with Crippen LogP contribution in [0.15, 0.2) is 10.9 Å². The molecule has 1 aliphatic heterocycles. The molecule has 1 radical (unpaired) electrons. The van der Waals surface area contributed by atoms with Gasteiger partial charge in [-0.05, 0) is 12.8 Å². The second kappa shape index (κ2) is 4.51. The lowest BCUT2D eigenvalue weighted by molar-refractivity contribution is 0.0692. The van der Waals surface area contributed by atoms with Crippen molar-refractivity contribution in [3.8, 4) is 0 Å². The van der Waals surface area contributed by atoms with Crippen LogP contribution in [0.3, 0.4) is 0 Å². The van der Waals surface area contributed by atoms with Crippen molar-refractivity contribution in [3.05, 3.63) is 10.9 Å². The van der Waals surface area contributed by atoms with Gasteiger partial charge in [0.05, 0.1) is 4.91 Å². The van der Waals surface area contributed by atoms with Gasteiger partial charge in [-0.25, -0.2) is 0 Å². The number of allylic oxidation sites excluding steroid dienone is 1. The molecule has 0 spiro atoms. The Balaban J connectivity index is 2.20. The third-order valence-electron chi connectivity index (χ3n) is 1.52. The third kappa shape index (κ3) is 2.63. The lowest BCUT2D eigenvalue weighted by atomic mass is 10.2. The Morgan fingerprint density at radius 2 is 2.36 bits per heavy atom. The fourth-order valence-electron chi connectivity index (χ4n) is 0.877. The predicted octanol–water partition coefficient (Wildman–Crippen LogP) is 2.49. The smallest absolute Gasteiger partial charge is 0.311 e. The topological polar surface area (TPSA) is 43.6 Å². The van der Waals surface area contributed by atoms with Crippen LogP contribution in [-0.2, 0) is 4.84 Å². The van der Waals surface area contributed by atoms with Crippen LogP contribution in [0.1, 0.15) is 32.6 Å². The molecule has 0 saturated carbocycles. The van der Waals surface area contributed by atoms with Crippen molar-refractivity contribution in [3.63, 3.8) is 0 Å². The van der Waals surface area contributed by atoms with Crippen LogP contribution in [0.25, 0.3) is 0 Å². The van der Waals surface area contributed by atoms with Gasteiger partial charge >= 0.3 is 5.95 Å². The molecular formula is C7H12NO2S. The minimum atomic E-state index is -0.00824. The molecule has 0 saturated heterocycles. The van der Waals surface area contributed by atoms with Gasteiger partial charge in [0.15, 0.2) is 0 Å². The zero-order valence-corrected chi connectivity index (χ0v) is 7.36. The first-order valence-electron chi connectivity index (χ1n) is 3.81. The third-order valence-corrected chi connectivity index (χ3v) is 2.27. The highest BCUT2D eigenvalue weighted by atomic mass is 32.2. The number of aliphatic hydroxyl groups is 1. The number of unbranched alkanes of at least 4 members (excludes halogenated alkanes) is 2. The zero-order valence-electron chi connectivity index (χ0n) is 6.54. The summed E-state index contributed by atoms with van der Waals surface area (Å²) in [6, 6.07) is 0. The Hall–Kier alpha value is -0.350. The molecule has 0 aliphatic carbocycles. The highest BCUT2D eigenvalue weighted by Gasteiger charge is 2.16. The van der Waals surface area contributed by atoms with Crippen LogP contribution in [0.5, 0.6) is 0 Å². The van der Waals surface area contributed by atoms with Crippen molar-refractivity contribution in [1.29, 1.82) is 0 Å². The van der Waals surface area contributed by atoms with Crippen LogP contribution < -0.4 is 4.89 Å². The molecule has 1 rings (SSSR count).